The Labute approximate surface area is 147 Å². The molecule has 122 valence electrons. The summed E-state index contributed by atoms with van der Waals surface area (Å²) in [5.41, 5.74) is 2.10. The Hall–Kier alpha value is -3.05. The van der Waals surface area contributed by atoms with Gasteiger partial charge in [-0.05, 0) is 47.2 Å². The quantitative estimate of drug-likeness (QED) is 0.542. The van der Waals surface area contributed by atoms with E-state index < -0.39 is 0 Å². The molecule has 0 bridgehead atoms. The van der Waals surface area contributed by atoms with Gasteiger partial charge in [-0.25, -0.2) is 9.37 Å². The third kappa shape index (κ3) is 3.27. The zero-order chi connectivity index (χ0) is 17.2. The molecule has 0 spiro atoms. The zero-order valence-corrected chi connectivity index (χ0v) is 13.9. The molecule has 3 nitrogen and oxygen atoms in total. The minimum Gasteiger partial charge on any atom is -0.298 e. The number of thiazole rings is 1. The monoisotopic (exact) mass is 348 g/mol. The van der Waals surface area contributed by atoms with Crippen LogP contribution in [0, 0.1) is 5.82 Å². The highest BCUT2D eigenvalue weighted by molar-refractivity contribution is 7.14. The van der Waals surface area contributed by atoms with Gasteiger partial charge in [0.25, 0.3) is 5.91 Å². The summed E-state index contributed by atoms with van der Waals surface area (Å²) in [7, 11) is 0. The van der Waals surface area contributed by atoms with Crippen molar-refractivity contribution in [3.63, 3.8) is 0 Å². The first-order chi connectivity index (χ1) is 12.2. The molecule has 3 aromatic carbocycles. The van der Waals surface area contributed by atoms with Crippen LogP contribution in [0.4, 0.5) is 9.52 Å². The number of carbonyl (C=O) groups excluding carboxylic acids is 1. The summed E-state index contributed by atoms with van der Waals surface area (Å²) >= 11 is 1.34. The molecule has 5 heteroatoms. The number of benzene rings is 3. The summed E-state index contributed by atoms with van der Waals surface area (Å²) in [6.45, 7) is 0. The molecule has 1 amide bonds. The summed E-state index contributed by atoms with van der Waals surface area (Å²) in [5.74, 6) is -0.491. The van der Waals surface area contributed by atoms with Gasteiger partial charge in [-0.3, -0.25) is 10.1 Å². The summed E-state index contributed by atoms with van der Waals surface area (Å²) in [6, 6.07) is 19.6. The summed E-state index contributed by atoms with van der Waals surface area (Å²) in [6.07, 6.45) is 0. The molecular weight excluding hydrogens is 335 g/mol. The van der Waals surface area contributed by atoms with E-state index in [0.29, 0.717) is 16.4 Å². The number of anilines is 1. The lowest BCUT2D eigenvalue weighted by molar-refractivity contribution is 0.102. The predicted molar refractivity (Wildman–Crippen MR) is 99.4 cm³/mol. The Morgan fingerprint density at radius 1 is 0.960 bits per heavy atom. The molecule has 0 aliphatic heterocycles. The highest BCUT2D eigenvalue weighted by Crippen LogP contribution is 2.25. The molecule has 1 aromatic heterocycles. The molecule has 1 N–H and O–H groups in total. The zero-order valence-electron chi connectivity index (χ0n) is 13.1. The van der Waals surface area contributed by atoms with Crippen LogP contribution in [0.2, 0.25) is 0 Å². The molecule has 0 atom stereocenters. The largest absolute Gasteiger partial charge is 0.298 e. The van der Waals surface area contributed by atoms with Gasteiger partial charge in [0.1, 0.15) is 5.82 Å². The first-order valence-electron chi connectivity index (χ1n) is 7.71. The lowest BCUT2D eigenvalue weighted by Gasteiger charge is -2.04. The Morgan fingerprint density at radius 3 is 2.52 bits per heavy atom. The van der Waals surface area contributed by atoms with E-state index >= 15 is 0 Å². The maximum Gasteiger partial charge on any atom is 0.257 e. The topological polar surface area (TPSA) is 42.0 Å². The van der Waals surface area contributed by atoms with Crippen LogP contribution in [0.5, 0.6) is 0 Å². The van der Waals surface area contributed by atoms with Crippen molar-refractivity contribution in [2.45, 2.75) is 0 Å². The van der Waals surface area contributed by atoms with Gasteiger partial charge in [-0.1, -0.05) is 30.3 Å². The van der Waals surface area contributed by atoms with E-state index in [0.717, 1.165) is 16.3 Å². The Balaban J connectivity index is 1.55. The van der Waals surface area contributed by atoms with Gasteiger partial charge in [0.15, 0.2) is 5.13 Å². The minimum atomic E-state index is -0.288. The van der Waals surface area contributed by atoms with Crippen LogP contribution in [0.25, 0.3) is 22.0 Å². The molecule has 0 saturated heterocycles. The first-order valence-corrected chi connectivity index (χ1v) is 8.59. The lowest BCUT2D eigenvalue weighted by atomic mass is 10.1. The van der Waals surface area contributed by atoms with Crippen LogP contribution < -0.4 is 5.32 Å². The van der Waals surface area contributed by atoms with Crippen molar-refractivity contribution in [3.8, 4) is 11.3 Å². The normalized spacial score (nSPS) is 10.8. The molecular formula is C20H13FN2OS. The van der Waals surface area contributed by atoms with Gasteiger partial charge in [0.05, 0.1) is 5.69 Å². The van der Waals surface area contributed by atoms with Crippen molar-refractivity contribution >= 4 is 33.1 Å². The third-order valence-corrected chi connectivity index (χ3v) is 4.63. The fourth-order valence-electron chi connectivity index (χ4n) is 2.58. The predicted octanol–water partition coefficient (Wildman–Crippen LogP) is 5.35. The van der Waals surface area contributed by atoms with Gasteiger partial charge in [-0.15, -0.1) is 11.3 Å². The van der Waals surface area contributed by atoms with Crippen LogP contribution >= 0.6 is 11.3 Å². The molecule has 0 saturated carbocycles. The standard InChI is InChI=1S/C20H13FN2OS/c21-17-9-7-14(8-10-17)18-12-25-20(22-18)23-19(24)16-6-5-13-3-1-2-4-15(13)11-16/h1-12H,(H,22,23,24). The van der Waals surface area contributed by atoms with Crippen LogP contribution in [-0.2, 0) is 0 Å². The van der Waals surface area contributed by atoms with Crippen LogP contribution in [0.15, 0.2) is 72.1 Å². The smallest absolute Gasteiger partial charge is 0.257 e. The summed E-state index contributed by atoms with van der Waals surface area (Å²) < 4.78 is 13.0. The Bertz CT molecular complexity index is 1060. The molecule has 4 rings (SSSR count). The van der Waals surface area contributed by atoms with E-state index in [4.69, 9.17) is 0 Å². The fourth-order valence-corrected chi connectivity index (χ4v) is 3.30. The maximum absolute atomic E-state index is 13.0. The van der Waals surface area contributed by atoms with Gasteiger partial charge < -0.3 is 0 Å². The van der Waals surface area contributed by atoms with E-state index in [1.54, 1.807) is 18.2 Å². The Morgan fingerprint density at radius 2 is 1.72 bits per heavy atom. The van der Waals surface area contributed by atoms with Gasteiger partial charge in [0, 0.05) is 16.5 Å². The molecule has 25 heavy (non-hydrogen) atoms. The number of hydrogen-bond donors (Lipinski definition) is 1. The van der Waals surface area contributed by atoms with Gasteiger partial charge in [0.2, 0.25) is 0 Å². The number of carbonyl (C=O) groups is 1. The van der Waals surface area contributed by atoms with Crippen molar-refractivity contribution in [2.24, 2.45) is 0 Å². The second-order valence-electron chi connectivity index (χ2n) is 5.56. The highest BCUT2D eigenvalue weighted by atomic mass is 32.1. The number of aromatic nitrogens is 1. The van der Waals surface area contributed by atoms with Crippen molar-refractivity contribution in [2.75, 3.05) is 5.32 Å². The molecule has 0 aliphatic carbocycles. The second kappa shape index (κ2) is 6.45. The molecule has 0 radical (unpaired) electrons. The number of fused-ring (bicyclic) bond motifs is 1. The third-order valence-electron chi connectivity index (χ3n) is 3.88. The molecule has 0 aliphatic rings. The van der Waals surface area contributed by atoms with Gasteiger partial charge >= 0.3 is 0 Å². The average molecular weight is 348 g/mol. The van der Waals surface area contributed by atoms with E-state index in [1.165, 1.54) is 23.5 Å². The Kier molecular flexibility index (Phi) is 3.99. The number of nitrogens with one attached hydrogen (secondary N) is 1. The van der Waals surface area contributed by atoms with Crippen LogP contribution in [0.3, 0.4) is 0 Å². The first kappa shape index (κ1) is 15.5. The van der Waals surface area contributed by atoms with E-state index in [-0.39, 0.29) is 11.7 Å². The molecule has 0 fully saturated rings. The summed E-state index contributed by atoms with van der Waals surface area (Å²) in [4.78, 5) is 16.9. The highest BCUT2D eigenvalue weighted by Gasteiger charge is 2.10. The van der Waals surface area contributed by atoms with Gasteiger partial charge in [-0.2, -0.15) is 0 Å². The minimum absolute atomic E-state index is 0.203. The van der Waals surface area contributed by atoms with Crippen molar-refractivity contribution in [1.29, 1.82) is 0 Å². The van der Waals surface area contributed by atoms with E-state index in [2.05, 4.69) is 10.3 Å². The van der Waals surface area contributed by atoms with E-state index in [1.807, 2.05) is 41.8 Å². The lowest BCUT2D eigenvalue weighted by Crippen LogP contribution is -2.11. The van der Waals surface area contributed by atoms with E-state index in [9.17, 15) is 9.18 Å². The number of hydrogen-bond acceptors (Lipinski definition) is 3. The second-order valence-corrected chi connectivity index (χ2v) is 6.42. The number of rotatable bonds is 3. The molecule has 0 unspecified atom stereocenters. The molecule has 4 aromatic rings. The fraction of sp³-hybridized carbons (Fsp3) is 0. The number of halogens is 1. The van der Waals surface area contributed by atoms with Crippen molar-refractivity contribution in [3.05, 3.63) is 83.5 Å². The number of nitrogens with zero attached hydrogens (tertiary/aromatic N) is 1. The van der Waals surface area contributed by atoms with Crippen LogP contribution in [-0.4, -0.2) is 10.9 Å². The molecule has 1 heterocycles. The SMILES string of the molecule is O=C(Nc1nc(-c2ccc(F)cc2)cs1)c1ccc2ccccc2c1. The maximum atomic E-state index is 13.0. The summed E-state index contributed by atoms with van der Waals surface area (Å²) in [5, 5.41) is 7.27. The number of amides is 1. The average Bonchev–Trinajstić information content (AvgIpc) is 3.10. The van der Waals surface area contributed by atoms with Crippen molar-refractivity contribution < 1.29 is 9.18 Å². The van der Waals surface area contributed by atoms with Crippen molar-refractivity contribution in [1.82, 2.24) is 4.98 Å². The van der Waals surface area contributed by atoms with Crippen LogP contribution in [0.1, 0.15) is 10.4 Å².